The number of nitrogens with zero attached hydrogens (tertiary/aromatic N) is 3. The third-order valence-corrected chi connectivity index (χ3v) is 6.53. The molecule has 1 aromatic carbocycles. The van der Waals surface area contributed by atoms with Crippen LogP contribution in [0.2, 0.25) is 0 Å². The fraction of sp³-hybridized carbons (Fsp3) is 0.294. The van der Waals surface area contributed by atoms with Gasteiger partial charge in [0.25, 0.3) is 0 Å². The number of hydrogen-bond acceptors (Lipinski definition) is 5. The van der Waals surface area contributed by atoms with Gasteiger partial charge in [0.2, 0.25) is 15.9 Å². The number of aromatic nitrogens is 2. The van der Waals surface area contributed by atoms with Crippen LogP contribution < -0.4 is 5.32 Å². The minimum absolute atomic E-state index is 0.289. The molecule has 1 unspecified atom stereocenters. The van der Waals surface area contributed by atoms with Crippen molar-refractivity contribution in [1.29, 1.82) is 0 Å². The number of imidazole rings is 1. The lowest BCUT2D eigenvalue weighted by Crippen LogP contribution is -2.42. The van der Waals surface area contributed by atoms with Crippen molar-refractivity contribution in [2.24, 2.45) is 0 Å². The minimum Gasteiger partial charge on any atom is -0.325 e. The maximum Gasteiger partial charge on any atom is 0.242 e. The summed E-state index contributed by atoms with van der Waals surface area (Å²) in [5.41, 5.74) is 2.46. The molecule has 0 radical (unpaired) electrons. The number of anilines is 1. The number of carbonyl (C=O) groups excluding carboxylic acids is 1. The lowest BCUT2D eigenvalue weighted by atomic mass is 10.1. The van der Waals surface area contributed by atoms with Crippen LogP contribution in [0.25, 0.3) is 16.2 Å². The van der Waals surface area contributed by atoms with Crippen molar-refractivity contribution in [1.82, 2.24) is 13.7 Å². The molecule has 3 heterocycles. The topological polar surface area (TPSA) is 83.8 Å². The predicted molar refractivity (Wildman–Crippen MR) is 102 cm³/mol. The summed E-state index contributed by atoms with van der Waals surface area (Å²) in [7, 11) is -3.38. The van der Waals surface area contributed by atoms with Crippen molar-refractivity contribution in [3.8, 4) is 11.3 Å². The van der Waals surface area contributed by atoms with E-state index in [2.05, 4.69) is 10.3 Å². The van der Waals surface area contributed by atoms with Crippen LogP contribution in [-0.4, -0.2) is 46.9 Å². The Morgan fingerprint density at radius 1 is 1.31 bits per heavy atom. The Bertz CT molecular complexity index is 1020. The van der Waals surface area contributed by atoms with Gasteiger partial charge >= 0.3 is 0 Å². The van der Waals surface area contributed by atoms with E-state index in [0.29, 0.717) is 25.1 Å². The number of fused-ring (bicyclic) bond motifs is 1. The minimum atomic E-state index is -3.38. The third kappa shape index (κ3) is 3.25. The molecule has 0 saturated carbocycles. The van der Waals surface area contributed by atoms with Gasteiger partial charge < -0.3 is 5.32 Å². The van der Waals surface area contributed by atoms with Gasteiger partial charge in [0.15, 0.2) is 4.96 Å². The van der Waals surface area contributed by atoms with Crippen molar-refractivity contribution in [2.45, 2.75) is 18.9 Å². The summed E-state index contributed by atoms with van der Waals surface area (Å²) in [5.74, 6) is -0.289. The van der Waals surface area contributed by atoms with E-state index in [1.807, 2.05) is 34.3 Å². The molecule has 1 amide bonds. The predicted octanol–water partition coefficient (Wildman–Crippen LogP) is 2.43. The fourth-order valence-corrected chi connectivity index (χ4v) is 5.04. The number of hydrogen-bond donors (Lipinski definition) is 1. The average molecular weight is 390 g/mol. The summed E-state index contributed by atoms with van der Waals surface area (Å²) in [6.07, 6.45) is 6.30. The highest BCUT2D eigenvalue weighted by molar-refractivity contribution is 7.88. The van der Waals surface area contributed by atoms with Crippen molar-refractivity contribution in [2.75, 3.05) is 18.1 Å². The smallest absolute Gasteiger partial charge is 0.242 e. The molecule has 3 aromatic rings. The Hall–Kier alpha value is -2.23. The molecule has 2 aromatic heterocycles. The van der Waals surface area contributed by atoms with E-state index in [4.69, 9.17) is 0 Å². The second kappa shape index (κ2) is 6.49. The summed E-state index contributed by atoms with van der Waals surface area (Å²) in [6, 6.07) is 6.77. The Morgan fingerprint density at radius 2 is 2.08 bits per heavy atom. The molecule has 0 aliphatic carbocycles. The molecule has 136 valence electrons. The van der Waals surface area contributed by atoms with Gasteiger partial charge in [-0.3, -0.25) is 9.20 Å². The first-order valence-corrected chi connectivity index (χ1v) is 10.9. The molecule has 0 spiro atoms. The first-order valence-electron chi connectivity index (χ1n) is 8.22. The van der Waals surface area contributed by atoms with Crippen LogP contribution in [0.5, 0.6) is 0 Å². The number of sulfonamides is 1. The first-order chi connectivity index (χ1) is 12.4. The van der Waals surface area contributed by atoms with Crippen molar-refractivity contribution in [3.63, 3.8) is 0 Å². The molecule has 1 N–H and O–H groups in total. The van der Waals surface area contributed by atoms with Crippen LogP contribution in [0, 0.1) is 0 Å². The standard InChI is InChI=1S/C17H18N4O3S2/c1-26(23,24)21-8-2-3-15(21)16(22)18-13-6-4-12(5-7-13)14-11-20-9-10-25-17(20)19-14/h4-7,9-11,15H,2-3,8H2,1H3,(H,18,22). The zero-order valence-corrected chi connectivity index (χ0v) is 15.8. The summed E-state index contributed by atoms with van der Waals surface area (Å²) in [5, 5.41) is 4.80. The largest absolute Gasteiger partial charge is 0.325 e. The van der Waals surface area contributed by atoms with Gasteiger partial charge in [0.05, 0.1) is 11.9 Å². The fourth-order valence-electron chi connectivity index (χ4n) is 3.22. The number of nitrogens with one attached hydrogen (secondary N) is 1. The molecule has 4 rings (SSSR count). The summed E-state index contributed by atoms with van der Waals surface area (Å²) in [6.45, 7) is 0.396. The third-order valence-electron chi connectivity index (χ3n) is 4.47. The van der Waals surface area contributed by atoms with E-state index in [1.54, 1.807) is 23.5 Å². The molecule has 9 heteroatoms. The highest BCUT2D eigenvalue weighted by Crippen LogP contribution is 2.25. The zero-order valence-electron chi connectivity index (χ0n) is 14.1. The molecular weight excluding hydrogens is 372 g/mol. The molecule has 1 aliphatic rings. The highest BCUT2D eigenvalue weighted by atomic mass is 32.2. The second-order valence-corrected chi connectivity index (χ2v) is 9.13. The summed E-state index contributed by atoms with van der Waals surface area (Å²) in [4.78, 5) is 18.0. The zero-order chi connectivity index (χ0) is 18.3. The van der Waals surface area contributed by atoms with Crippen LogP contribution in [0.4, 0.5) is 5.69 Å². The molecular formula is C17H18N4O3S2. The summed E-state index contributed by atoms with van der Waals surface area (Å²) >= 11 is 1.57. The Morgan fingerprint density at radius 3 is 2.77 bits per heavy atom. The molecule has 1 aliphatic heterocycles. The number of thiazole rings is 1. The summed E-state index contributed by atoms with van der Waals surface area (Å²) < 4.78 is 26.8. The lowest BCUT2D eigenvalue weighted by molar-refractivity contribution is -0.119. The van der Waals surface area contributed by atoms with Crippen LogP contribution >= 0.6 is 11.3 Å². The second-order valence-electron chi connectivity index (χ2n) is 6.32. The number of amides is 1. The van der Waals surface area contributed by atoms with Gasteiger partial charge in [0.1, 0.15) is 6.04 Å². The monoisotopic (exact) mass is 390 g/mol. The van der Waals surface area contributed by atoms with E-state index in [9.17, 15) is 13.2 Å². The molecule has 1 saturated heterocycles. The van der Waals surface area contributed by atoms with Gasteiger partial charge in [-0.2, -0.15) is 4.31 Å². The van der Waals surface area contributed by atoms with E-state index in [0.717, 1.165) is 22.5 Å². The average Bonchev–Trinajstić information content (AvgIpc) is 3.30. The Balaban J connectivity index is 1.49. The van der Waals surface area contributed by atoms with Gasteiger partial charge in [-0.15, -0.1) is 11.3 Å². The Labute approximate surface area is 155 Å². The van der Waals surface area contributed by atoms with Gasteiger partial charge in [-0.05, 0) is 25.0 Å². The van der Waals surface area contributed by atoms with E-state index >= 15 is 0 Å². The van der Waals surface area contributed by atoms with Crippen LogP contribution in [0.1, 0.15) is 12.8 Å². The Kier molecular flexibility index (Phi) is 4.29. The highest BCUT2D eigenvalue weighted by Gasteiger charge is 2.36. The van der Waals surface area contributed by atoms with Crippen molar-refractivity contribution >= 4 is 37.9 Å². The molecule has 7 nitrogen and oxygen atoms in total. The van der Waals surface area contributed by atoms with Gasteiger partial charge in [-0.25, -0.2) is 13.4 Å². The van der Waals surface area contributed by atoms with Gasteiger partial charge in [-0.1, -0.05) is 12.1 Å². The maximum atomic E-state index is 12.5. The number of carbonyl (C=O) groups is 1. The van der Waals surface area contributed by atoms with E-state index < -0.39 is 16.1 Å². The van der Waals surface area contributed by atoms with Gasteiger partial charge in [0, 0.05) is 35.6 Å². The van der Waals surface area contributed by atoms with Crippen molar-refractivity contribution < 1.29 is 13.2 Å². The van der Waals surface area contributed by atoms with Crippen LogP contribution in [0.15, 0.2) is 42.0 Å². The number of benzene rings is 1. The molecule has 1 atom stereocenters. The lowest BCUT2D eigenvalue weighted by Gasteiger charge is -2.21. The quantitative estimate of drug-likeness (QED) is 0.742. The normalized spacial score (nSPS) is 18.4. The molecule has 26 heavy (non-hydrogen) atoms. The van der Waals surface area contributed by atoms with E-state index in [-0.39, 0.29) is 5.91 Å². The van der Waals surface area contributed by atoms with Crippen LogP contribution in [-0.2, 0) is 14.8 Å². The number of rotatable bonds is 4. The van der Waals surface area contributed by atoms with Crippen molar-refractivity contribution in [3.05, 3.63) is 42.0 Å². The molecule has 0 bridgehead atoms. The maximum absolute atomic E-state index is 12.5. The van der Waals surface area contributed by atoms with E-state index in [1.165, 1.54) is 4.31 Å². The van der Waals surface area contributed by atoms with Crippen LogP contribution in [0.3, 0.4) is 0 Å². The SMILES string of the molecule is CS(=O)(=O)N1CCCC1C(=O)Nc1ccc(-c2cn3ccsc3n2)cc1. The molecule has 1 fully saturated rings. The first kappa shape index (κ1) is 17.2.